The van der Waals surface area contributed by atoms with Crippen molar-refractivity contribution in [2.24, 2.45) is 0 Å². The van der Waals surface area contributed by atoms with Crippen LogP contribution in [0.1, 0.15) is 6.92 Å². The molecule has 2 heterocycles. The maximum atomic E-state index is 10.6. The molecule has 0 spiro atoms. The van der Waals surface area contributed by atoms with Crippen LogP contribution in [0.25, 0.3) is 0 Å². The number of hydrogen-bond donors (Lipinski definition) is 1. The molecule has 0 aromatic carbocycles. The molecular formula is C8H8BrN3O. The standard InChI is InChI=1S/C8H8BrN3O/c1-5-6(4-13)3-12-8(11-5)7(9)2-10-12/h2,4,11H,3H2,1H3. The molecule has 2 rings (SSSR count). The Morgan fingerprint density at radius 3 is 3.23 bits per heavy atom. The molecule has 0 aliphatic carbocycles. The average molecular weight is 242 g/mol. The fourth-order valence-corrected chi connectivity index (χ4v) is 1.67. The molecule has 0 amide bonds. The molecule has 0 bridgehead atoms. The minimum absolute atomic E-state index is 0.545. The van der Waals surface area contributed by atoms with Crippen LogP contribution in [-0.2, 0) is 11.3 Å². The number of rotatable bonds is 1. The first-order valence-corrected chi connectivity index (χ1v) is 4.65. The molecule has 1 aromatic rings. The van der Waals surface area contributed by atoms with Gasteiger partial charge in [-0.2, -0.15) is 5.10 Å². The Kier molecular flexibility index (Phi) is 1.95. The molecule has 0 radical (unpaired) electrons. The van der Waals surface area contributed by atoms with Gasteiger partial charge in [0.25, 0.3) is 0 Å². The zero-order valence-electron chi connectivity index (χ0n) is 7.04. The number of aromatic nitrogens is 2. The predicted molar refractivity (Wildman–Crippen MR) is 52.3 cm³/mol. The van der Waals surface area contributed by atoms with E-state index < -0.39 is 0 Å². The summed E-state index contributed by atoms with van der Waals surface area (Å²) in [7, 11) is 0. The number of anilines is 1. The summed E-state index contributed by atoms with van der Waals surface area (Å²) >= 11 is 3.36. The summed E-state index contributed by atoms with van der Waals surface area (Å²) in [6.45, 7) is 2.43. The van der Waals surface area contributed by atoms with Crippen molar-refractivity contribution in [2.45, 2.75) is 13.5 Å². The molecule has 13 heavy (non-hydrogen) atoms. The van der Waals surface area contributed by atoms with Gasteiger partial charge in [-0.05, 0) is 22.9 Å². The van der Waals surface area contributed by atoms with Crippen molar-refractivity contribution >= 4 is 28.0 Å². The molecular weight excluding hydrogens is 234 g/mol. The largest absolute Gasteiger partial charge is 0.343 e. The number of carbonyl (C=O) groups excluding carboxylic acids is 1. The van der Waals surface area contributed by atoms with Gasteiger partial charge in [-0.25, -0.2) is 4.68 Å². The van der Waals surface area contributed by atoms with E-state index in [1.54, 1.807) is 10.9 Å². The van der Waals surface area contributed by atoms with Crippen LogP contribution in [0.2, 0.25) is 0 Å². The maximum Gasteiger partial charge on any atom is 0.149 e. The highest BCUT2D eigenvalue weighted by Crippen LogP contribution is 2.27. The van der Waals surface area contributed by atoms with Crippen LogP contribution in [0.5, 0.6) is 0 Å². The molecule has 5 heteroatoms. The Bertz CT molecular complexity index is 394. The van der Waals surface area contributed by atoms with Crippen LogP contribution in [0.3, 0.4) is 0 Å². The highest BCUT2D eigenvalue weighted by molar-refractivity contribution is 9.10. The van der Waals surface area contributed by atoms with E-state index in [0.717, 1.165) is 27.8 Å². The number of halogens is 1. The summed E-state index contributed by atoms with van der Waals surface area (Å²) in [5, 5.41) is 7.21. The Balaban J connectivity index is 2.44. The van der Waals surface area contributed by atoms with Gasteiger partial charge in [-0.3, -0.25) is 4.79 Å². The predicted octanol–water partition coefficient (Wildman–Crippen LogP) is 1.54. The van der Waals surface area contributed by atoms with Crippen molar-refractivity contribution in [2.75, 3.05) is 5.32 Å². The van der Waals surface area contributed by atoms with Gasteiger partial charge in [0.1, 0.15) is 12.1 Å². The number of allylic oxidation sites excluding steroid dienone is 2. The molecule has 0 saturated carbocycles. The third-order valence-electron chi connectivity index (χ3n) is 2.04. The summed E-state index contributed by atoms with van der Waals surface area (Å²) in [5.74, 6) is 0.906. The van der Waals surface area contributed by atoms with E-state index >= 15 is 0 Å². The monoisotopic (exact) mass is 241 g/mol. The zero-order valence-corrected chi connectivity index (χ0v) is 8.63. The average Bonchev–Trinajstić information content (AvgIpc) is 2.47. The smallest absolute Gasteiger partial charge is 0.149 e. The van der Waals surface area contributed by atoms with Crippen LogP contribution < -0.4 is 5.32 Å². The second-order valence-electron chi connectivity index (χ2n) is 2.89. The topological polar surface area (TPSA) is 46.9 Å². The normalized spacial score (nSPS) is 15.2. The minimum atomic E-state index is 0.545. The van der Waals surface area contributed by atoms with E-state index in [2.05, 4.69) is 26.3 Å². The highest BCUT2D eigenvalue weighted by Gasteiger charge is 2.17. The lowest BCUT2D eigenvalue weighted by atomic mass is 10.2. The highest BCUT2D eigenvalue weighted by atomic mass is 79.9. The fourth-order valence-electron chi connectivity index (χ4n) is 1.27. The van der Waals surface area contributed by atoms with Gasteiger partial charge in [0.15, 0.2) is 0 Å². The van der Waals surface area contributed by atoms with Crippen LogP contribution in [0.15, 0.2) is 21.9 Å². The fraction of sp³-hybridized carbons (Fsp3) is 0.250. The first-order valence-electron chi connectivity index (χ1n) is 3.85. The molecule has 0 fully saturated rings. The maximum absolute atomic E-state index is 10.6. The van der Waals surface area contributed by atoms with Crippen LogP contribution >= 0.6 is 15.9 Å². The number of fused-ring (bicyclic) bond motifs is 1. The molecule has 1 N–H and O–H groups in total. The van der Waals surface area contributed by atoms with E-state index in [1.807, 2.05) is 6.92 Å². The van der Waals surface area contributed by atoms with Crippen molar-refractivity contribution in [3.8, 4) is 0 Å². The molecule has 0 unspecified atom stereocenters. The SMILES string of the molecule is CC1=C(C=O)Cn2ncc(Br)c2N1. The number of aldehydes is 1. The van der Waals surface area contributed by atoms with Crippen LogP contribution in [0, 0.1) is 0 Å². The number of nitrogens with one attached hydrogen (secondary N) is 1. The number of hydrogen-bond acceptors (Lipinski definition) is 3. The molecule has 4 nitrogen and oxygen atoms in total. The summed E-state index contributed by atoms with van der Waals surface area (Å²) in [6, 6.07) is 0. The lowest BCUT2D eigenvalue weighted by Crippen LogP contribution is -2.17. The first kappa shape index (κ1) is 8.50. The van der Waals surface area contributed by atoms with Crippen molar-refractivity contribution in [1.82, 2.24) is 9.78 Å². The second kappa shape index (κ2) is 2.99. The third-order valence-corrected chi connectivity index (χ3v) is 2.63. The number of carbonyl (C=O) groups is 1. The van der Waals surface area contributed by atoms with Crippen molar-refractivity contribution < 1.29 is 4.79 Å². The van der Waals surface area contributed by atoms with Gasteiger partial charge in [0.05, 0.1) is 17.2 Å². The first-order chi connectivity index (χ1) is 6.22. The van der Waals surface area contributed by atoms with Gasteiger partial charge in [-0.1, -0.05) is 0 Å². The minimum Gasteiger partial charge on any atom is -0.343 e. The Morgan fingerprint density at radius 2 is 2.54 bits per heavy atom. The Morgan fingerprint density at radius 1 is 1.77 bits per heavy atom. The van der Waals surface area contributed by atoms with Crippen molar-refractivity contribution in [1.29, 1.82) is 0 Å². The lowest BCUT2D eigenvalue weighted by Gasteiger charge is -2.18. The summed E-state index contributed by atoms with van der Waals surface area (Å²) in [4.78, 5) is 10.6. The second-order valence-corrected chi connectivity index (χ2v) is 3.75. The van der Waals surface area contributed by atoms with Crippen LogP contribution in [-0.4, -0.2) is 16.1 Å². The molecule has 0 saturated heterocycles. The lowest BCUT2D eigenvalue weighted by molar-refractivity contribution is -0.105. The quantitative estimate of drug-likeness (QED) is 0.760. The van der Waals surface area contributed by atoms with E-state index in [-0.39, 0.29) is 0 Å². The van der Waals surface area contributed by atoms with Crippen molar-refractivity contribution in [3.63, 3.8) is 0 Å². The Labute approximate surface area is 83.7 Å². The van der Waals surface area contributed by atoms with E-state index in [4.69, 9.17) is 0 Å². The third kappa shape index (κ3) is 1.29. The van der Waals surface area contributed by atoms with Gasteiger partial charge >= 0.3 is 0 Å². The van der Waals surface area contributed by atoms with Gasteiger partial charge in [0, 0.05) is 11.3 Å². The molecule has 1 aromatic heterocycles. The summed E-state index contributed by atoms with van der Waals surface area (Å²) in [6.07, 6.45) is 2.57. The van der Waals surface area contributed by atoms with E-state index in [1.165, 1.54) is 0 Å². The summed E-state index contributed by atoms with van der Waals surface area (Å²) in [5.41, 5.74) is 1.63. The van der Waals surface area contributed by atoms with Gasteiger partial charge in [-0.15, -0.1) is 0 Å². The Hall–Kier alpha value is -1.10. The number of nitrogens with zero attached hydrogens (tertiary/aromatic N) is 2. The van der Waals surface area contributed by atoms with Gasteiger partial charge in [0.2, 0.25) is 0 Å². The van der Waals surface area contributed by atoms with E-state index in [9.17, 15) is 4.79 Å². The van der Waals surface area contributed by atoms with Gasteiger partial charge < -0.3 is 5.32 Å². The van der Waals surface area contributed by atoms with Crippen molar-refractivity contribution in [3.05, 3.63) is 21.9 Å². The molecule has 68 valence electrons. The van der Waals surface area contributed by atoms with E-state index in [0.29, 0.717) is 6.54 Å². The molecule has 0 atom stereocenters. The summed E-state index contributed by atoms with van der Waals surface area (Å²) < 4.78 is 2.66. The zero-order chi connectivity index (χ0) is 9.42. The molecule has 1 aliphatic rings. The molecule has 1 aliphatic heterocycles. The van der Waals surface area contributed by atoms with Crippen LogP contribution in [0.4, 0.5) is 5.82 Å².